The molecule has 0 spiro atoms. The molecule has 1 aromatic carbocycles. The maximum atomic E-state index is 13.3. The number of nitrogens with one attached hydrogen (secondary N) is 3. The Balaban J connectivity index is 1.48. The van der Waals surface area contributed by atoms with Crippen LogP contribution in [0.15, 0.2) is 42.7 Å². The topological polar surface area (TPSA) is 97.0 Å². The average Bonchev–Trinajstić information content (AvgIpc) is 3.26. The van der Waals surface area contributed by atoms with Gasteiger partial charge in [0.2, 0.25) is 11.6 Å². The molecule has 4 aromatic rings. The number of H-pyrrole nitrogens is 1. The van der Waals surface area contributed by atoms with E-state index in [0.29, 0.717) is 43.5 Å². The molecule has 34 heavy (non-hydrogen) atoms. The first-order valence-electron chi connectivity index (χ1n) is 10.6. The minimum absolute atomic E-state index is 0.00517. The number of para-hydroxylation sites is 1. The number of anilines is 2. The van der Waals surface area contributed by atoms with Crippen LogP contribution >= 0.6 is 0 Å². The maximum Gasteiger partial charge on any atom is 0.417 e. The Bertz CT molecular complexity index is 1340. The van der Waals surface area contributed by atoms with Gasteiger partial charge in [-0.1, -0.05) is 18.2 Å². The highest BCUT2D eigenvalue weighted by molar-refractivity contribution is 5.83. The van der Waals surface area contributed by atoms with Gasteiger partial charge in [0.05, 0.1) is 24.8 Å². The molecule has 176 valence electrons. The van der Waals surface area contributed by atoms with E-state index in [1.807, 2.05) is 30.5 Å². The summed E-state index contributed by atoms with van der Waals surface area (Å²) < 4.78 is 50.9. The monoisotopic (exact) mass is 470 g/mol. The van der Waals surface area contributed by atoms with Gasteiger partial charge in [-0.25, -0.2) is 15.0 Å². The third kappa shape index (κ3) is 4.16. The largest absolute Gasteiger partial charge is 0.485 e. The Kier molecular flexibility index (Phi) is 5.60. The van der Waals surface area contributed by atoms with Crippen LogP contribution in [0.2, 0.25) is 0 Å². The van der Waals surface area contributed by atoms with E-state index in [0.717, 1.165) is 28.7 Å². The molecule has 0 atom stereocenters. The van der Waals surface area contributed by atoms with E-state index >= 15 is 0 Å². The van der Waals surface area contributed by atoms with E-state index in [-0.39, 0.29) is 17.3 Å². The SMILES string of the molecule is COc1ncc(C(F)(F)F)cc1-c1nc2c(c(NCCc3c[nH]c4ccccc34)n1)OCCN2. The number of rotatable bonds is 6. The number of halogens is 3. The summed E-state index contributed by atoms with van der Waals surface area (Å²) >= 11 is 0. The molecule has 11 heteroatoms. The molecular formula is C23H21F3N6O2. The van der Waals surface area contributed by atoms with Crippen molar-refractivity contribution in [1.29, 1.82) is 0 Å². The zero-order valence-corrected chi connectivity index (χ0v) is 18.2. The number of nitrogens with zero attached hydrogens (tertiary/aromatic N) is 3. The number of alkyl halides is 3. The number of aromatic nitrogens is 4. The highest BCUT2D eigenvalue weighted by Gasteiger charge is 2.33. The van der Waals surface area contributed by atoms with Gasteiger partial charge in [0.15, 0.2) is 17.5 Å². The van der Waals surface area contributed by atoms with Crippen molar-refractivity contribution in [2.75, 3.05) is 37.4 Å². The minimum Gasteiger partial charge on any atom is -0.485 e. The van der Waals surface area contributed by atoms with Crippen LogP contribution in [0.1, 0.15) is 11.1 Å². The number of hydrogen-bond acceptors (Lipinski definition) is 7. The highest BCUT2D eigenvalue weighted by Crippen LogP contribution is 2.39. The number of ether oxygens (including phenoxy) is 2. The average molecular weight is 470 g/mol. The zero-order valence-electron chi connectivity index (χ0n) is 18.2. The van der Waals surface area contributed by atoms with E-state index in [1.54, 1.807) is 0 Å². The van der Waals surface area contributed by atoms with Gasteiger partial charge in [-0.3, -0.25) is 0 Å². The zero-order chi connectivity index (χ0) is 23.7. The van der Waals surface area contributed by atoms with Gasteiger partial charge in [0.25, 0.3) is 0 Å². The normalized spacial score (nSPS) is 13.2. The Morgan fingerprint density at radius 1 is 1.21 bits per heavy atom. The van der Waals surface area contributed by atoms with E-state index < -0.39 is 11.7 Å². The molecule has 0 aliphatic carbocycles. The van der Waals surface area contributed by atoms with Crippen molar-refractivity contribution < 1.29 is 22.6 Å². The first-order chi connectivity index (χ1) is 16.4. The summed E-state index contributed by atoms with van der Waals surface area (Å²) in [5.74, 6) is 1.24. The summed E-state index contributed by atoms with van der Waals surface area (Å²) in [7, 11) is 1.33. The number of fused-ring (bicyclic) bond motifs is 2. The first kappa shape index (κ1) is 21.8. The van der Waals surface area contributed by atoms with Gasteiger partial charge >= 0.3 is 6.18 Å². The highest BCUT2D eigenvalue weighted by atomic mass is 19.4. The minimum atomic E-state index is -4.57. The summed E-state index contributed by atoms with van der Waals surface area (Å²) in [6, 6.07) is 8.95. The molecular weight excluding hydrogens is 449 g/mol. The lowest BCUT2D eigenvalue weighted by molar-refractivity contribution is -0.137. The van der Waals surface area contributed by atoms with Crippen molar-refractivity contribution >= 4 is 22.5 Å². The fourth-order valence-electron chi connectivity index (χ4n) is 3.85. The first-order valence-corrected chi connectivity index (χ1v) is 10.6. The second-order valence-electron chi connectivity index (χ2n) is 7.66. The summed E-state index contributed by atoms with van der Waals surface area (Å²) in [5.41, 5.74) is 1.31. The molecule has 0 unspecified atom stereocenters. The van der Waals surface area contributed by atoms with E-state index in [2.05, 4.69) is 30.6 Å². The van der Waals surface area contributed by atoms with Crippen LogP contribution in [0.3, 0.4) is 0 Å². The molecule has 0 amide bonds. The maximum absolute atomic E-state index is 13.3. The predicted octanol–water partition coefficient (Wildman–Crippen LogP) is 4.51. The lowest BCUT2D eigenvalue weighted by Crippen LogP contribution is -2.22. The molecule has 3 aromatic heterocycles. The van der Waals surface area contributed by atoms with E-state index in [9.17, 15) is 13.2 Å². The molecule has 8 nitrogen and oxygen atoms in total. The summed E-state index contributed by atoms with van der Waals surface area (Å²) in [4.78, 5) is 15.9. The second kappa shape index (κ2) is 8.73. The van der Waals surface area contributed by atoms with Crippen LogP contribution < -0.4 is 20.1 Å². The van der Waals surface area contributed by atoms with Crippen molar-refractivity contribution in [3.63, 3.8) is 0 Å². The Morgan fingerprint density at radius 2 is 2.06 bits per heavy atom. The molecule has 4 heterocycles. The molecule has 0 saturated heterocycles. The van der Waals surface area contributed by atoms with Gasteiger partial charge in [0, 0.05) is 29.8 Å². The second-order valence-corrected chi connectivity index (χ2v) is 7.66. The lowest BCUT2D eigenvalue weighted by atomic mass is 10.1. The van der Waals surface area contributed by atoms with Crippen LogP contribution in [-0.4, -0.2) is 46.7 Å². The lowest BCUT2D eigenvalue weighted by Gasteiger charge is -2.22. The van der Waals surface area contributed by atoms with Crippen LogP contribution in [-0.2, 0) is 12.6 Å². The van der Waals surface area contributed by atoms with Gasteiger partial charge < -0.3 is 25.1 Å². The van der Waals surface area contributed by atoms with Crippen molar-refractivity contribution in [3.8, 4) is 23.0 Å². The molecule has 0 bridgehead atoms. The molecule has 0 saturated carbocycles. The fraction of sp³-hybridized carbons (Fsp3) is 0.261. The molecule has 0 fully saturated rings. The molecule has 1 aliphatic rings. The van der Waals surface area contributed by atoms with Gasteiger partial charge in [0.1, 0.15) is 6.61 Å². The van der Waals surface area contributed by atoms with Crippen molar-refractivity contribution in [2.45, 2.75) is 12.6 Å². The fourth-order valence-corrected chi connectivity index (χ4v) is 3.85. The number of aromatic amines is 1. The summed E-state index contributed by atoms with van der Waals surface area (Å²) in [5, 5.41) is 7.51. The van der Waals surface area contributed by atoms with Crippen LogP contribution in [0.4, 0.5) is 24.8 Å². The molecule has 5 rings (SSSR count). The quantitative estimate of drug-likeness (QED) is 0.382. The van der Waals surface area contributed by atoms with E-state index in [4.69, 9.17) is 9.47 Å². The van der Waals surface area contributed by atoms with Crippen molar-refractivity contribution in [2.24, 2.45) is 0 Å². The van der Waals surface area contributed by atoms with Crippen LogP contribution in [0, 0.1) is 0 Å². The summed E-state index contributed by atoms with van der Waals surface area (Å²) in [6.45, 7) is 1.45. The smallest absolute Gasteiger partial charge is 0.417 e. The van der Waals surface area contributed by atoms with E-state index in [1.165, 1.54) is 7.11 Å². The molecule has 0 radical (unpaired) electrons. The molecule has 3 N–H and O–H groups in total. The van der Waals surface area contributed by atoms with Crippen LogP contribution in [0.5, 0.6) is 11.6 Å². The van der Waals surface area contributed by atoms with Crippen molar-refractivity contribution in [1.82, 2.24) is 19.9 Å². The number of hydrogen-bond donors (Lipinski definition) is 3. The Morgan fingerprint density at radius 3 is 2.88 bits per heavy atom. The van der Waals surface area contributed by atoms with Gasteiger partial charge in [-0.2, -0.15) is 13.2 Å². The molecule has 1 aliphatic heterocycles. The van der Waals surface area contributed by atoms with Crippen molar-refractivity contribution in [3.05, 3.63) is 53.9 Å². The third-order valence-electron chi connectivity index (χ3n) is 5.48. The Hall–Kier alpha value is -4.02. The van der Waals surface area contributed by atoms with Crippen LogP contribution in [0.25, 0.3) is 22.3 Å². The van der Waals surface area contributed by atoms with Gasteiger partial charge in [-0.15, -0.1) is 0 Å². The standard InChI is InChI=1S/C23H21F3N6O2/c1-33-22-16(10-14(12-30-22)23(24,25)26)19-31-20(18-21(32-19)28-8-9-34-18)27-7-6-13-11-29-17-5-3-2-4-15(13)17/h2-5,10-12,29H,6-9H2,1H3,(H2,27,28,31,32). The summed E-state index contributed by atoms with van der Waals surface area (Å²) in [6.07, 6.45) is -1.18. The number of methoxy groups -OCH3 is 1. The van der Waals surface area contributed by atoms with Gasteiger partial charge in [-0.05, 0) is 24.1 Å². The Labute approximate surface area is 192 Å². The predicted molar refractivity (Wildman–Crippen MR) is 121 cm³/mol. The third-order valence-corrected chi connectivity index (χ3v) is 5.48. The number of pyridine rings is 1. The number of benzene rings is 1.